The van der Waals surface area contributed by atoms with Crippen molar-refractivity contribution in [3.05, 3.63) is 70.7 Å². The quantitative estimate of drug-likeness (QED) is 0.428. The lowest BCUT2D eigenvalue weighted by atomic mass is 10.1. The molecule has 0 unspecified atom stereocenters. The lowest BCUT2D eigenvalue weighted by Crippen LogP contribution is -2.21. The Morgan fingerprint density at radius 3 is 2.58 bits per heavy atom. The lowest BCUT2D eigenvalue weighted by Gasteiger charge is -2.11. The van der Waals surface area contributed by atoms with Crippen LogP contribution in [0.25, 0.3) is 17.4 Å². The van der Waals surface area contributed by atoms with Gasteiger partial charge in [0.15, 0.2) is 30.3 Å². The summed E-state index contributed by atoms with van der Waals surface area (Å²) in [6.45, 7) is 7.21. The molecule has 1 aromatic carbocycles. The molecule has 9 nitrogen and oxygen atoms in total. The minimum atomic E-state index is -0.438. The maximum Gasteiger partial charge on any atom is 0.263 e. The molecule has 0 fully saturated rings. The van der Waals surface area contributed by atoms with Crippen LogP contribution in [0.4, 0.5) is 5.82 Å². The minimum Gasteiger partial charge on any atom is -0.483 e. The molecule has 1 amide bonds. The first-order chi connectivity index (χ1) is 15.8. The number of ether oxygens (including phenoxy) is 1. The van der Waals surface area contributed by atoms with E-state index in [-0.39, 0.29) is 12.4 Å². The fraction of sp³-hybridized carbons (Fsp3) is 0.208. The maximum atomic E-state index is 12.6. The summed E-state index contributed by atoms with van der Waals surface area (Å²) in [4.78, 5) is 32.9. The number of nitrogens with zero attached hydrogens (tertiary/aromatic N) is 4. The van der Waals surface area contributed by atoms with Gasteiger partial charge in [-0.05, 0) is 58.0 Å². The number of carbonyl (C=O) groups excluding carboxylic acids is 2. The number of nitrogens with one attached hydrogen (secondary N) is 1. The highest BCUT2D eigenvalue weighted by molar-refractivity contribution is 5.91. The van der Waals surface area contributed by atoms with Gasteiger partial charge in [0.25, 0.3) is 5.91 Å². The van der Waals surface area contributed by atoms with Crippen molar-refractivity contribution in [2.75, 3.05) is 11.9 Å². The number of furan rings is 1. The molecule has 0 aliphatic heterocycles. The molecule has 0 bridgehead atoms. The summed E-state index contributed by atoms with van der Waals surface area (Å²) in [5.41, 5.74) is 3.03. The smallest absolute Gasteiger partial charge is 0.263 e. The summed E-state index contributed by atoms with van der Waals surface area (Å²) >= 11 is 0. The van der Waals surface area contributed by atoms with E-state index in [0.717, 1.165) is 17.0 Å². The molecular weight excluding hydrogens is 422 g/mol. The molecule has 168 valence electrons. The zero-order chi connectivity index (χ0) is 23.5. The molecule has 0 radical (unpaired) electrons. The number of rotatable bonds is 7. The number of benzene rings is 1. The van der Waals surface area contributed by atoms with E-state index in [2.05, 4.69) is 20.4 Å². The van der Waals surface area contributed by atoms with Crippen LogP contribution in [0.5, 0.6) is 5.75 Å². The van der Waals surface area contributed by atoms with E-state index in [4.69, 9.17) is 9.15 Å². The number of amides is 1. The van der Waals surface area contributed by atoms with Crippen LogP contribution in [-0.4, -0.2) is 38.5 Å². The van der Waals surface area contributed by atoms with Crippen LogP contribution in [0.15, 0.2) is 46.9 Å². The molecule has 0 aliphatic carbocycles. The Bertz CT molecular complexity index is 1340. The van der Waals surface area contributed by atoms with Crippen LogP contribution in [-0.2, 0) is 4.79 Å². The molecule has 4 aromatic rings. The van der Waals surface area contributed by atoms with E-state index >= 15 is 0 Å². The summed E-state index contributed by atoms with van der Waals surface area (Å²) in [5, 5.41) is 7.20. The number of aryl methyl sites for hydroxylation is 4. The van der Waals surface area contributed by atoms with Crippen molar-refractivity contribution in [2.45, 2.75) is 27.7 Å². The maximum absolute atomic E-state index is 12.6. The Morgan fingerprint density at radius 2 is 1.91 bits per heavy atom. The number of anilines is 1. The van der Waals surface area contributed by atoms with Crippen molar-refractivity contribution < 1.29 is 18.7 Å². The summed E-state index contributed by atoms with van der Waals surface area (Å²) in [5.74, 6) is 2.15. The average molecular weight is 445 g/mol. The lowest BCUT2D eigenvalue weighted by molar-refractivity contribution is -0.118. The third-order valence-corrected chi connectivity index (χ3v) is 4.82. The van der Waals surface area contributed by atoms with E-state index in [1.54, 1.807) is 28.9 Å². The van der Waals surface area contributed by atoms with Crippen LogP contribution >= 0.6 is 0 Å². The number of aldehydes is 1. The normalized spacial score (nSPS) is 10.8. The van der Waals surface area contributed by atoms with Crippen LogP contribution in [0.2, 0.25) is 0 Å². The third-order valence-electron chi connectivity index (χ3n) is 4.82. The van der Waals surface area contributed by atoms with Gasteiger partial charge in [-0.3, -0.25) is 9.59 Å². The summed E-state index contributed by atoms with van der Waals surface area (Å²) < 4.78 is 12.9. The zero-order valence-corrected chi connectivity index (χ0v) is 18.7. The predicted octanol–water partition coefficient (Wildman–Crippen LogP) is 3.99. The second-order valence-electron chi connectivity index (χ2n) is 7.68. The molecule has 1 N–H and O–H groups in total. The summed E-state index contributed by atoms with van der Waals surface area (Å²) in [6.07, 6.45) is 0.697. The van der Waals surface area contributed by atoms with E-state index in [0.29, 0.717) is 40.8 Å². The van der Waals surface area contributed by atoms with E-state index in [1.807, 2.05) is 45.9 Å². The monoisotopic (exact) mass is 445 g/mol. The van der Waals surface area contributed by atoms with Crippen LogP contribution in [0.3, 0.4) is 0 Å². The molecule has 3 heterocycles. The Kier molecular flexibility index (Phi) is 6.03. The molecule has 0 spiro atoms. The van der Waals surface area contributed by atoms with Crippen molar-refractivity contribution in [1.82, 2.24) is 19.7 Å². The molecule has 3 aromatic heterocycles. The van der Waals surface area contributed by atoms with E-state index in [9.17, 15) is 9.59 Å². The SMILES string of the molecule is Cc1ccc(OCC(=O)Nc2cc(-n3nc(C)cc3C)nc(-c3ccc(C)o3)n2)c(C=O)c1. The molecule has 4 rings (SSSR count). The van der Waals surface area contributed by atoms with Gasteiger partial charge >= 0.3 is 0 Å². The first-order valence-corrected chi connectivity index (χ1v) is 10.3. The zero-order valence-electron chi connectivity index (χ0n) is 18.7. The van der Waals surface area contributed by atoms with Crippen molar-refractivity contribution in [3.8, 4) is 23.2 Å². The van der Waals surface area contributed by atoms with Gasteiger partial charge in [-0.1, -0.05) is 11.6 Å². The van der Waals surface area contributed by atoms with Gasteiger partial charge in [0.05, 0.1) is 11.3 Å². The van der Waals surface area contributed by atoms with Crippen molar-refractivity contribution in [3.63, 3.8) is 0 Å². The molecule has 9 heteroatoms. The highest BCUT2D eigenvalue weighted by Gasteiger charge is 2.15. The van der Waals surface area contributed by atoms with Gasteiger partial charge in [0, 0.05) is 11.8 Å². The number of carbonyl (C=O) groups is 2. The first kappa shape index (κ1) is 21.9. The van der Waals surface area contributed by atoms with Gasteiger partial charge < -0.3 is 14.5 Å². The third kappa shape index (κ3) is 4.98. The number of hydrogen-bond donors (Lipinski definition) is 1. The fourth-order valence-electron chi connectivity index (χ4n) is 3.35. The van der Waals surface area contributed by atoms with Crippen molar-refractivity contribution in [2.24, 2.45) is 0 Å². The number of hydrogen-bond acceptors (Lipinski definition) is 7. The minimum absolute atomic E-state index is 0.268. The summed E-state index contributed by atoms with van der Waals surface area (Å²) in [6, 6.07) is 12.3. The second-order valence-corrected chi connectivity index (χ2v) is 7.68. The van der Waals surface area contributed by atoms with Gasteiger partial charge in [0.2, 0.25) is 0 Å². The van der Waals surface area contributed by atoms with E-state index in [1.165, 1.54) is 0 Å². The Morgan fingerprint density at radius 1 is 1.09 bits per heavy atom. The predicted molar refractivity (Wildman–Crippen MR) is 122 cm³/mol. The Balaban J connectivity index is 1.60. The van der Waals surface area contributed by atoms with Gasteiger partial charge in [-0.2, -0.15) is 5.10 Å². The fourth-order valence-corrected chi connectivity index (χ4v) is 3.35. The summed E-state index contributed by atoms with van der Waals surface area (Å²) in [7, 11) is 0. The average Bonchev–Trinajstić information content (AvgIpc) is 3.37. The van der Waals surface area contributed by atoms with Crippen molar-refractivity contribution in [1.29, 1.82) is 0 Å². The topological polar surface area (TPSA) is 112 Å². The Labute approximate surface area is 190 Å². The van der Waals surface area contributed by atoms with Crippen LogP contribution in [0, 0.1) is 27.7 Å². The van der Waals surface area contributed by atoms with Crippen LogP contribution in [0.1, 0.15) is 33.1 Å². The molecular formula is C24H23N5O4. The number of aromatic nitrogens is 4. The molecule has 0 saturated carbocycles. The highest BCUT2D eigenvalue weighted by atomic mass is 16.5. The largest absolute Gasteiger partial charge is 0.483 e. The molecule has 33 heavy (non-hydrogen) atoms. The standard InChI is InChI=1S/C24H23N5O4/c1-14-5-7-19(18(9-14)12-30)32-13-23(31)25-21-11-22(29-16(3)10-15(2)28-29)27-24(26-21)20-8-6-17(4)33-20/h5-12H,13H2,1-4H3,(H,25,26,27,31). The Hall–Kier alpha value is -4.27. The van der Waals surface area contributed by atoms with Crippen molar-refractivity contribution >= 4 is 18.0 Å². The van der Waals surface area contributed by atoms with Gasteiger partial charge in [-0.15, -0.1) is 0 Å². The molecule has 0 aliphatic rings. The van der Waals surface area contributed by atoms with Gasteiger partial charge in [-0.25, -0.2) is 14.6 Å². The first-order valence-electron chi connectivity index (χ1n) is 10.3. The molecule has 0 saturated heterocycles. The van der Waals surface area contributed by atoms with Crippen LogP contribution < -0.4 is 10.1 Å². The highest BCUT2D eigenvalue weighted by Crippen LogP contribution is 2.23. The van der Waals surface area contributed by atoms with E-state index < -0.39 is 5.91 Å². The van der Waals surface area contributed by atoms with Gasteiger partial charge in [0.1, 0.15) is 17.3 Å². The second kappa shape index (κ2) is 9.07. The molecule has 0 atom stereocenters.